The molecule has 0 radical (unpaired) electrons. The first kappa shape index (κ1) is 39.1. The van der Waals surface area contributed by atoms with Gasteiger partial charge in [-0.3, -0.25) is 28.8 Å². The van der Waals surface area contributed by atoms with E-state index in [2.05, 4.69) is 42.2 Å². The van der Waals surface area contributed by atoms with Gasteiger partial charge in [-0.25, -0.2) is 9.79 Å². The number of hydrogen-bond donors (Lipinski definition) is 15. The van der Waals surface area contributed by atoms with Crippen LogP contribution in [0.1, 0.15) is 25.7 Å². The average molecular weight is 686 g/mol. The number of aliphatic hydroxyl groups is 3. The summed E-state index contributed by atoms with van der Waals surface area (Å²) in [5.74, 6) is -6.69. The van der Waals surface area contributed by atoms with Crippen LogP contribution in [0.3, 0.4) is 0 Å². The molecular formula is C25H43N13O10. The van der Waals surface area contributed by atoms with Crippen LogP contribution in [-0.2, 0) is 28.8 Å². The van der Waals surface area contributed by atoms with Crippen LogP contribution in [0.2, 0.25) is 0 Å². The van der Waals surface area contributed by atoms with E-state index >= 15 is 0 Å². The van der Waals surface area contributed by atoms with E-state index in [0.717, 1.165) is 0 Å². The van der Waals surface area contributed by atoms with Crippen LogP contribution < -0.4 is 65.5 Å². The van der Waals surface area contributed by atoms with Gasteiger partial charge in [0.25, 0.3) is 5.91 Å². The van der Waals surface area contributed by atoms with Crippen molar-refractivity contribution in [1.29, 1.82) is 0 Å². The van der Waals surface area contributed by atoms with Crippen LogP contribution >= 0.6 is 0 Å². The lowest BCUT2D eigenvalue weighted by Gasteiger charge is -2.31. The van der Waals surface area contributed by atoms with Gasteiger partial charge in [0.15, 0.2) is 5.96 Å². The van der Waals surface area contributed by atoms with Gasteiger partial charge in [-0.1, -0.05) is 0 Å². The number of amides is 8. The van der Waals surface area contributed by atoms with Crippen LogP contribution in [0.15, 0.2) is 16.9 Å². The van der Waals surface area contributed by atoms with Crippen molar-refractivity contribution in [2.24, 2.45) is 27.9 Å². The molecule has 1 fully saturated rings. The second-order valence-electron chi connectivity index (χ2n) is 10.7. The monoisotopic (exact) mass is 685 g/mol. The molecule has 0 bridgehead atoms. The Hall–Kier alpha value is -5.10. The predicted octanol–water partition coefficient (Wildman–Crippen LogP) is -8.88. The van der Waals surface area contributed by atoms with Crippen LogP contribution in [0.4, 0.5) is 4.79 Å². The molecule has 48 heavy (non-hydrogen) atoms. The molecule has 1 saturated heterocycles. The van der Waals surface area contributed by atoms with Gasteiger partial charge >= 0.3 is 6.03 Å². The third-order valence-electron chi connectivity index (χ3n) is 6.89. The third-order valence-corrected chi connectivity index (χ3v) is 6.89. The number of guanidine groups is 1. The molecule has 19 N–H and O–H groups in total. The van der Waals surface area contributed by atoms with Gasteiger partial charge in [0.2, 0.25) is 29.5 Å². The number of aliphatic hydroxyl groups excluding tert-OH is 3. The van der Waals surface area contributed by atoms with Crippen LogP contribution in [0.25, 0.3) is 0 Å². The van der Waals surface area contributed by atoms with Gasteiger partial charge in [-0.2, -0.15) is 0 Å². The Morgan fingerprint density at radius 3 is 2.23 bits per heavy atom. The van der Waals surface area contributed by atoms with E-state index in [1.54, 1.807) is 0 Å². The number of nitrogens with zero attached hydrogens (tertiary/aromatic N) is 1. The molecule has 2 aliphatic rings. The maximum atomic E-state index is 13.6. The van der Waals surface area contributed by atoms with E-state index in [0.29, 0.717) is 25.6 Å². The molecule has 0 aromatic carbocycles. The smallest absolute Gasteiger partial charge is 0.316 e. The number of carbonyl (C=O) groups is 7. The Bertz CT molecular complexity index is 1280. The van der Waals surface area contributed by atoms with Gasteiger partial charge in [0, 0.05) is 31.6 Å². The molecule has 2 aliphatic heterocycles. The molecule has 23 heteroatoms. The first-order chi connectivity index (χ1) is 22.7. The minimum atomic E-state index is -1.78. The Morgan fingerprint density at radius 1 is 0.979 bits per heavy atom. The summed E-state index contributed by atoms with van der Waals surface area (Å²) in [6, 6.07) is -9.80. The summed E-state index contributed by atoms with van der Waals surface area (Å²) in [5, 5.41) is 47.7. The molecule has 0 aliphatic carbocycles. The summed E-state index contributed by atoms with van der Waals surface area (Å²) < 4.78 is 0. The lowest BCUT2D eigenvalue weighted by Crippen LogP contribution is -2.63. The quantitative estimate of drug-likeness (QED) is 0.0950. The van der Waals surface area contributed by atoms with Gasteiger partial charge in [0.1, 0.15) is 36.1 Å². The van der Waals surface area contributed by atoms with Crippen molar-refractivity contribution in [2.45, 2.75) is 68.2 Å². The van der Waals surface area contributed by atoms with Crippen LogP contribution in [0, 0.1) is 0 Å². The van der Waals surface area contributed by atoms with E-state index in [1.165, 1.54) is 0 Å². The lowest BCUT2D eigenvalue weighted by molar-refractivity contribution is -0.135. The molecule has 23 nitrogen and oxygen atoms in total. The minimum absolute atomic E-state index is 0.247. The SMILES string of the molecule is NCCC[C@@H](N)CC(=O)N[C@H]1CNC(=O)[C@H]([C@H]2C[C@H](O)NC(N)=N2)NC(=O)/C(=C/NC(N)=O)NC(=O)[C@H](CO)NC(=O)[C@H](CO)NC1=O. The first-order valence-electron chi connectivity index (χ1n) is 14.7. The number of urea groups is 1. The van der Waals surface area contributed by atoms with E-state index in [4.69, 9.17) is 22.9 Å². The normalized spacial score (nSPS) is 27.6. The second-order valence-corrected chi connectivity index (χ2v) is 10.7. The molecule has 0 aromatic rings. The number of nitrogens with two attached hydrogens (primary N) is 4. The van der Waals surface area contributed by atoms with E-state index in [9.17, 15) is 48.9 Å². The Labute approximate surface area is 273 Å². The summed E-state index contributed by atoms with van der Waals surface area (Å²) in [4.78, 5) is 94.3. The molecule has 0 unspecified atom stereocenters. The summed E-state index contributed by atoms with van der Waals surface area (Å²) in [5.41, 5.74) is 21.5. The molecule has 268 valence electrons. The Balaban J connectivity index is 2.55. The number of carbonyl (C=O) groups excluding carboxylic acids is 7. The van der Waals surface area contributed by atoms with Crippen LogP contribution in [-0.4, -0.2) is 132 Å². The fourth-order valence-corrected chi connectivity index (χ4v) is 4.44. The van der Waals surface area contributed by atoms with Gasteiger partial charge < -0.3 is 80.8 Å². The molecule has 2 rings (SSSR count). The van der Waals surface area contributed by atoms with Crippen molar-refractivity contribution in [3.63, 3.8) is 0 Å². The zero-order valence-electron chi connectivity index (χ0n) is 25.7. The fourth-order valence-electron chi connectivity index (χ4n) is 4.44. The highest BCUT2D eigenvalue weighted by Crippen LogP contribution is 2.12. The summed E-state index contributed by atoms with van der Waals surface area (Å²) in [7, 11) is 0. The number of rotatable bonds is 10. The van der Waals surface area contributed by atoms with Crippen molar-refractivity contribution in [3.05, 3.63) is 11.9 Å². The summed E-state index contributed by atoms with van der Waals surface area (Å²) >= 11 is 0. The molecule has 2 heterocycles. The standard InChI is InChI=1S/C25H43N13O10/c26-3-1-2-10(27)4-16(41)32-12-6-30-23(47)18(11-5-17(42)37-24(28)36-11)38-20(44)13(7-31-25(29)48)33-21(45)14(8-39)35-22(46)15(9-40)34-19(12)43/h7,10-12,14-15,17-18,39-40,42H,1-6,8-9,26-27H2,(H,30,47)(H,32,41)(H,33,45)(H,34,43)(H,35,46)(H,38,44)(H3,28,36,37)(H3,29,31,48)/b13-7-/t10-,11-,12+,14+,15+,17+,18+/m1/s1. The zero-order valence-corrected chi connectivity index (χ0v) is 25.7. The van der Waals surface area contributed by atoms with E-state index in [1.807, 2.05) is 5.32 Å². The largest absolute Gasteiger partial charge is 0.394 e. The maximum Gasteiger partial charge on any atom is 0.316 e. The third kappa shape index (κ3) is 12.3. The lowest BCUT2D eigenvalue weighted by atomic mass is 10.0. The zero-order chi connectivity index (χ0) is 36.0. The van der Waals surface area contributed by atoms with E-state index < -0.39 is 109 Å². The molecule has 0 aromatic heterocycles. The minimum Gasteiger partial charge on any atom is -0.394 e. The number of primary amides is 1. The molecule has 7 atom stereocenters. The van der Waals surface area contributed by atoms with Gasteiger partial charge in [-0.05, 0) is 19.4 Å². The number of hydrogen-bond acceptors (Lipinski definition) is 15. The second kappa shape index (κ2) is 18.9. The van der Waals surface area contributed by atoms with Crippen molar-refractivity contribution in [1.82, 2.24) is 42.5 Å². The molecule has 0 saturated carbocycles. The molecule has 8 amide bonds. The van der Waals surface area contributed by atoms with Gasteiger partial charge in [-0.15, -0.1) is 0 Å². The van der Waals surface area contributed by atoms with E-state index in [-0.39, 0.29) is 18.8 Å². The van der Waals surface area contributed by atoms with Crippen molar-refractivity contribution >= 4 is 47.4 Å². The first-order valence-corrected chi connectivity index (χ1v) is 14.7. The molecule has 0 spiro atoms. The number of aliphatic imine (C=N–C) groups is 1. The van der Waals surface area contributed by atoms with Crippen LogP contribution in [0.5, 0.6) is 0 Å². The maximum absolute atomic E-state index is 13.6. The Morgan fingerprint density at radius 2 is 1.62 bits per heavy atom. The summed E-state index contributed by atoms with van der Waals surface area (Å²) in [6.45, 7) is -2.37. The summed E-state index contributed by atoms with van der Waals surface area (Å²) in [6.07, 6.45) is -0.253. The Kier molecular flexibility index (Phi) is 15.4. The van der Waals surface area contributed by atoms with Crippen molar-refractivity contribution in [3.8, 4) is 0 Å². The predicted molar refractivity (Wildman–Crippen MR) is 164 cm³/mol. The van der Waals surface area contributed by atoms with Gasteiger partial charge in [0.05, 0.1) is 19.3 Å². The van der Waals surface area contributed by atoms with Crippen molar-refractivity contribution in [2.75, 3.05) is 26.3 Å². The highest BCUT2D eigenvalue weighted by atomic mass is 16.3. The number of nitrogens with one attached hydrogen (secondary N) is 8. The van der Waals surface area contributed by atoms with Crippen molar-refractivity contribution < 1.29 is 48.9 Å². The fraction of sp³-hybridized carbons (Fsp3) is 0.600. The highest BCUT2D eigenvalue weighted by molar-refractivity contribution is 6.02. The topological polar surface area (TPSA) is 393 Å². The highest BCUT2D eigenvalue weighted by Gasteiger charge is 2.37. The molecular weight excluding hydrogens is 642 g/mol. The average Bonchev–Trinajstić information content (AvgIpc) is 3.02.